The maximum atomic E-state index is 5.44. The Morgan fingerprint density at radius 1 is 1.12 bits per heavy atom. The summed E-state index contributed by atoms with van der Waals surface area (Å²) in [4.78, 5) is 4.52. The zero-order valence-electron chi connectivity index (χ0n) is 14.7. The zero-order chi connectivity index (χ0) is 16.5. The van der Waals surface area contributed by atoms with Gasteiger partial charge in [-0.3, -0.25) is 0 Å². The van der Waals surface area contributed by atoms with Crippen molar-refractivity contribution in [3.63, 3.8) is 0 Å². The van der Waals surface area contributed by atoms with Gasteiger partial charge in [0.2, 0.25) is 5.89 Å². The van der Waals surface area contributed by atoms with E-state index in [4.69, 9.17) is 4.52 Å². The van der Waals surface area contributed by atoms with Gasteiger partial charge in [-0.15, -0.1) is 0 Å². The highest BCUT2D eigenvalue weighted by molar-refractivity contribution is 5.37. The molecular formula is C20H27N3O. The van der Waals surface area contributed by atoms with E-state index >= 15 is 0 Å². The van der Waals surface area contributed by atoms with Crippen molar-refractivity contribution in [2.75, 3.05) is 0 Å². The van der Waals surface area contributed by atoms with E-state index in [9.17, 15) is 0 Å². The molecule has 0 bridgehead atoms. The molecule has 2 atom stereocenters. The van der Waals surface area contributed by atoms with Crippen molar-refractivity contribution < 1.29 is 4.52 Å². The molecule has 0 unspecified atom stereocenters. The Hall–Kier alpha value is -1.68. The van der Waals surface area contributed by atoms with Gasteiger partial charge in [-0.2, -0.15) is 4.98 Å². The fourth-order valence-corrected chi connectivity index (χ4v) is 4.41. The summed E-state index contributed by atoms with van der Waals surface area (Å²) in [6.07, 6.45) is 6.76. The molecular weight excluding hydrogens is 298 g/mol. The van der Waals surface area contributed by atoms with Gasteiger partial charge in [-0.1, -0.05) is 43.3 Å². The Labute approximate surface area is 144 Å². The second-order valence-electron chi connectivity index (χ2n) is 7.44. The lowest BCUT2D eigenvalue weighted by molar-refractivity contribution is 0.269. The number of aromatic nitrogens is 2. The molecule has 0 spiro atoms. The summed E-state index contributed by atoms with van der Waals surface area (Å²) in [5.41, 5.74) is 3.04. The van der Waals surface area contributed by atoms with Gasteiger partial charge in [0.1, 0.15) is 0 Å². The molecule has 2 aliphatic carbocycles. The van der Waals surface area contributed by atoms with Crippen LogP contribution in [0.2, 0.25) is 0 Å². The maximum absolute atomic E-state index is 5.44. The summed E-state index contributed by atoms with van der Waals surface area (Å²) in [5.74, 6) is 2.80. The molecule has 4 heteroatoms. The van der Waals surface area contributed by atoms with Crippen LogP contribution in [0.25, 0.3) is 0 Å². The molecule has 2 aliphatic rings. The predicted octanol–water partition coefficient (Wildman–Crippen LogP) is 4.50. The summed E-state index contributed by atoms with van der Waals surface area (Å²) in [7, 11) is 0. The molecule has 1 saturated carbocycles. The first-order valence-corrected chi connectivity index (χ1v) is 9.42. The highest BCUT2D eigenvalue weighted by Gasteiger charge is 2.32. The minimum atomic E-state index is 0.450. The number of rotatable bonds is 4. The lowest BCUT2D eigenvalue weighted by Gasteiger charge is -2.30. The van der Waals surface area contributed by atoms with Gasteiger partial charge >= 0.3 is 0 Å². The Balaban J connectivity index is 1.35. The molecule has 0 radical (unpaired) electrons. The second kappa shape index (κ2) is 6.67. The van der Waals surface area contributed by atoms with E-state index in [0.29, 0.717) is 23.9 Å². The highest BCUT2D eigenvalue weighted by Crippen LogP contribution is 2.41. The molecule has 0 saturated heterocycles. The summed E-state index contributed by atoms with van der Waals surface area (Å²) in [6, 6.07) is 10.1. The van der Waals surface area contributed by atoms with Crippen LogP contribution >= 0.6 is 0 Å². The standard InChI is InChI=1S/C20H27N3O/c1-3-19-22-20(24-23-19)14-8-10-15(11-9-14)21-18-12-13(2)16-6-4-5-7-17(16)18/h4-7,13-15,18,21H,3,8-12H2,1-2H3/t13-,14?,15?,18+/m1/s1. The van der Waals surface area contributed by atoms with Crippen molar-refractivity contribution in [1.82, 2.24) is 15.5 Å². The van der Waals surface area contributed by atoms with Crippen LogP contribution in [-0.4, -0.2) is 16.2 Å². The molecule has 1 fully saturated rings. The fourth-order valence-electron chi connectivity index (χ4n) is 4.41. The van der Waals surface area contributed by atoms with Crippen LogP contribution in [-0.2, 0) is 6.42 Å². The van der Waals surface area contributed by atoms with E-state index in [2.05, 4.69) is 53.6 Å². The van der Waals surface area contributed by atoms with Crippen molar-refractivity contribution >= 4 is 0 Å². The van der Waals surface area contributed by atoms with E-state index in [0.717, 1.165) is 31.0 Å². The number of aryl methyl sites for hydroxylation is 1. The largest absolute Gasteiger partial charge is 0.339 e. The number of hydrogen-bond acceptors (Lipinski definition) is 4. The van der Waals surface area contributed by atoms with Crippen LogP contribution in [0.4, 0.5) is 0 Å². The van der Waals surface area contributed by atoms with E-state index in [1.54, 1.807) is 0 Å². The third-order valence-corrected chi connectivity index (χ3v) is 5.80. The van der Waals surface area contributed by atoms with Gasteiger partial charge < -0.3 is 9.84 Å². The number of nitrogens with zero attached hydrogens (tertiary/aromatic N) is 2. The average molecular weight is 325 g/mol. The predicted molar refractivity (Wildman–Crippen MR) is 94.0 cm³/mol. The number of hydrogen-bond donors (Lipinski definition) is 1. The van der Waals surface area contributed by atoms with Gasteiger partial charge in [0.25, 0.3) is 0 Å². The first-order valence-electron chi connectivity index (χ1n) is 9.42. The lowest BCUT2D eigenvalue weighted by atomic mass is 9.85. The van der Waals surface area contributed by atoms with E-state index in [-0.39, 0.29) is 0 Å². The molecule has 2 aromatic rings. The fraction of sp³-hybridized carbons (Fsp3) is 0.600. The summed E-state index contributed by atoms with van der Waals surface area (Å²) in [6.45, 7) is 4.41. The van der Waals surface area contributed by atoms with Crippen LogP contribution in [0.3, 0.4) is 0 Å². The molecule has 1 aromatic carbocycles. The second-order valence-corrected chi connectivity index (χ2v) is 7.44. The van der Waals surface area contributed by atoms with Crippen molar-refractivity contribution in [1.29, 1.82) is 0 Å². The van der Waals surface area contributed by atoms with E-state index in [1.165, 1.54) is 30.4 Å². The third-order valence-electron chi connectivity index (χ3n) is 5.80. The van der Waals surface area contributed by atoms with Crippen LogP contribution in [0, 0.1) is 0 Å². The SMILES string of the molecule is CCc1noc(C2CCC(N[C@H]3C[C@@H](C)c4ccccc43)CC2)n1. The number of nitrogens with one attached hydrogen (secondary N) is 1. The van der Waals surface area contributed by atoms with Crippen LogP contribution in [0.5, 0.6) is 0 Å². The molecule has 0 amide bonds. The van der Waals surface area contributed by atoms with Gasteiger partial charge in [-0.05, 0) is 49.1 Å². The minimum Gasteiger partial charge on any atom is -0.339 e. The number of benzene rings is 1. The van der Waals surface area contributed by atoms with Crippen LogP contribution < -0.4 is 5.32 Å². The number of fused-ring (bicyclic) bond motifs is 1. The van der Waals surface area contributed by atoms with Crippen LogP contribution in [0.1, 0.15) is 86.7 Å². The molecule has 1 N–H and O–H groups in total. The summed E-state index contributed by atoms with van der Waals surface area (Å²) >= 11 is 0. The summed E-state index contributed by atoms with van der Waals surface area (Å²) < 4.78 is 5.44. The lowest BCUT2D eigenvalue weighted by Crippen LogP contribution is -2.35. The molecule has 128 valence electrons. The van der Waals surface area contributed by atoms with Gasteiger partial charge in [-0.25, -0.2) is 0 Å². The molecule has 0 aliphatic heterocycles. The van der Waals surface area contributed by atoms with Crippen molar-refractivity contribution in [3.05, 3.63) is 47.1 Å². The maximum Gasteiger partial charge on any atom is 0.229 e. The normalized spacial score (nSPS) is 29.6. The Bertz CT molecular complexity index is 688. The van der Waals surface area contributed by atoms with E-state index < -0.39 is 0 Å². The van der Waals surface area contributed by atoms with Crippen molar-refractivity contribution in [2.45, 2.75) is 76.3 Å². The average Bonchev–Trinajstić information content (AvgIpc) is 3.22. The Morgan fingerprint density at radius 3 is 2.58 bits per heavy atom. The molecule has 24 heavy (non-hydrogen) atoms. The summed E-state index contributed by atoms with van der Waals surface area (Å²) in [5, 5.41) is 7.97. The van der Waals surface area contributed by atoms with Gasteiger partial charge in [0, 0.05) is 24.4 Å². The van der Waals surface area contributed by atoms with Crippen LogP contribution in [0.15, 0.2) is 28.8 Å². The minimum absolute atomic E-state index is 0.450. The Morgan fingerprint density at radius 2 is 1.88 bits per heavy atom. The highest BCUT2D eigenvalue weighted by atomic mass is 16.5. The first kappa shape index (κ1) is 15.8. The monoisotopic (exact) mass is 325 g/mol. The van der Waals surface area contributed by atoms with Crippen molar-refractivity contribution in [3.8, 4) is 0 Å². The Kier molecular flexibility index (Phi) is 4.40. The van der Waals surface area contributed by atoms with Gasteiger partial charge in [0.05, 0.1) is 0 Å². The topological polar surface area (TPSA) is 51.0 Å². The van der Waals surface area contributed by atoms with E-state index in [1.807, 2.05) is 0 Å². The molecule has 4 nitrogen and oxygen atoms in total. The quantitative estimate of drug-likeness (QED) is 0.899. The first-order chi connectivity index (χ1) is 11.7. The van der Waals surface area contributed by atoms with Crippen molar-refractivity contribution in [2.24, 2.45) is 0 Å². The third kappa shape index (κ3) is 3.00. The molecule has 1 heterocycles. The zero-order valence-corrected chi connectivity index (χ0v) is 14.7. The molecule has 1 aromatic heterocycles. The van der Waals surface area contributed by atoms with Gasteiger partial charge in [0.15, 0.2) is 5.82 Å². The molecule has 4 rings (SSSR count). The smallest absolute Gasteiger partial charge is 0.229 e.